The van der Waals surface area contributed by atoms with E-state index in [1.807, 2.05) is 0 Å². The molecule has 0 radical (unpaired) electrons. The van der Waals surface area contributed by atoms with Gasteiger partial charge >= 0.3 is 17.1 Å². The van der Waals surface area contributed by atoms with E-state index in [0.29, 0.717) is 11.8 Å². The van der Waals surface area contributed by atoms with Crippen molar-refractivity contribution in [1.82, 2.24) is 5.32 Å². The van der Waals surface area contributed by atoms with Crippen LogP contribution in [0.5, 0.6) is 0 Å². The number of thiol groups is 1. The Balaban J connectivity index is 2.59. The molecule has 1 aromatic heterocycles. The summed E-state index contributed by atoms with van der Waals surface area (Å²) >= 11 is 4.80. The lowest BCUT2D eigenvalue weighted by Gasteiger charge is -2.22. The summed E-state index contributed by atoms with van der Waals surface area (Å²) in [6.45, 7) is 6.09. The summed E-state index contributed by atoms with van der Waals surface area (Å²) in [7, 11) is 0. The lowest BCUT2D eigenvalue weighted by molar-refractivity contribution is -0.146. The number of thioether (sulfide) groups is 1. The van der Waals surface area contributed by atoms with Gasteiger partial charge in [0.1, 0.15) is 6.04 Å². The van der Waals surface area contributed by atoms with E-state index in [1.165, 1.54) is 6.92 Å². The Morgan fingerprint density at radius 2 is 1.92 bits per heavy atom. The second-order valence-electron chi connectivity index (χ2n) is 5.62. The molecule has 0 fully saturated rings. The first-order valence-electron chi connectivity index (χ1n) is 7.63. The molecule has 1 rings (SSSR count). The van der Waals surface area contributed by atoms with Gasteiger partial charge in [-0.2, -0.15) is 12.6 Å². The van der Waals surface area contributed by atoms with Gasteiger partial charge in [-0.25, -0.2) is 14.4 Å². The van der Waals surface area contributed by atoms with Gasteiger partial charge in [0, 0.05) is 5.75 Å². The fourth-order valence-electron chi connectivity index (χ4n) is 1.57. The van der Waals surface area contributed by atoms with E-state index in [4.69, 9.17) is 13.9 Å². The topological polar surface area (TPSA) is 125 Å². The highest BCUT2D eigenvalue weighted by Crippen LogP contribution is 2.15. The second-order valence-corrected chi connectivity index (χ2v) is 7.69. The van der Waals surface area contributed by atoms with Crippen LogP contribution in [0.3, 0.4) is 0 Å². The molecule has 0 bridgehead atoms. The smallest absolute Gasteiger partial charge is 0.464 e. The molecule has 11 heteroatoms. The van der Waals surface area contributed by atoms with E-state index in [0.717, 1.165) is 0 Å². The SMILES string of the molecule is CCOC(=O)[C@H](CSC(=O)OCc1oc(=O)oc1C)NC(=O)C(C)(C)S. The first-order chi connectivity index (χ1) is 12.0. The number of carbonyl (C=O) groups is 3. The van der Waals surface area contributed by atoms with Crippen LogP contribution in [0, 0.1) is 6.92 Å². The molecule has 0 saturated heterocycles. The van der Waals surface area contributed by atoms with Crippen LogP contribution in [-0.4, -0.2) is 40.3 Å². The van der Waals surface area contributed by atoms with E-state index < -0.39 is 33.8 Å². The molecule has 0 aliphatic rings. The van der Waals surface area contributed by atoms with Crippen LogP contribution in [0.1, 0.15) is 32.3 Å². The molecule has 1 N–H and O–H groups in total. The number of esters is 1. The average molecular weight is 407 g/mol. The third kappa shape index (κ3) is 7.16. The van der Waals surface area contributed by atoms with Crippen LogP contribution < -0.4 is 11.1 Å². The van der Waals surface area contributed by atoms with Crippen molar-refractivity contribution in [2.75, 3.05) is 12.4 Å². The van der Waals surface area contributed by atoms with Gasteiger partial charge in [-0.15, -0.1) is 0 Å². The summed E-state index contributed by atoms with van der Waals surface area (Å²) in [6.07, 6.45) is 0. The van der Waals surface area contributed by atoms with Gasteiger partial charge in [-0.05, 0) is 39.5 Å². The van der Waals surface area contributed by atoms with Crippen molar-refractivity contribution < 1.29 is 32.7 Å². The first kappa shape index (κ1) is 22.2. The molecule has 0 saturated carbocycles. The summed E-state index contributed by atoms with van der Waals surface area (Å²) < 4.78 is 18.2. The van der Waals surface area contributed by atoms with Crippen molar-refractivity contribution >= 4 is 41.6 Å². The van der Waals surface area contributed by atoms with Crippen molar-refractivity contribution in [1.29, 1.82) is 0 Å². The molecule has 0 unspecified atom stereocenters. The summed E-state index contributed by atoms with van der Waals surface area (Å²) in [5, 5.41) is 1.77. The van der Waals surface area contributed by atoms with Gasteiger partial charge < -0.3 is 23.6 Å². The van der Waals surface area contributed by atoms with E-state index >= 15 is 0 Å². The highest BCUT2D eigenvalue weighted by molar-refractivity contribution is 8.13. The van der Waals surface area contributed by atoms with E-state index in [-0.39, 0.29) is 30.5 Å². The average Bonchev–Trinajstić information content (AvgIpc) is 2.85. The Morgan fingerprint density at radius 3 is 2.42 bits per heavy atom. The second kappa shape index (κ2) is 9.72. The molecule has 146 valence electrons. The Morgan fingerprint density at radius 1 is 1.27 bits per heavy atom. The van der Waals surface area contributed by atoms with Crippen molar-refractivity contribution in [3.05, 3.63) is 22.1 Å². The minimum Gasteiger partial charge on any atom is -0.464 e. The van der Waals surface area contributed by atoms with E-state index in [9.17, 15) is 19.2 Å². The van der Waals surface area contributed by atoms with Gasteiger partial charge in [0.05, 0.1) is 11.4 Å². The quantitative estimate of drug-likeness (QED) is 0.489. The molecular weight excluding hydrogens is 386 g/mol. The summed E-state index contributed by atoms with van der Waals surface area (Å²) in [4.78, 5) is 46.7. The Hall–Kier alpha value is -1.88. The predicted molar refractivity (Wildman–Crippen MR) is 96.3 cm³/mol. The molecule has 0 aliphatic carbocycles. The minimum absolute atomic E-state index is 0.0935. The fourth-order valence-corrected chi connectivity index (χ4v) is 2.30. The summed E-state index contributed by atoms with van der Waals surface area (Å²) in [5.74, 6) is -1.84. The maximum absolute atomic E-state index is 12.0. The van der Waals surface area contributed by atoms with Gasteiger partial charge in [-0.3, -0.25) is 4.79 Å². The number of carbonyl (C=O) groups excluding carboxylic acids is 3. The Kier molecular flexibility index (Phi) is 8.28. The molecule has 1 aromatic rings. The fraction of sp³-hybridized carbons (Fsp3) is 0.600. The number of hydrogen-bond donors (Lipinski definition) is 2. The molecule has 9 nitrogen and oxygen atoms in total. The molecule has 0 spiro atoms. The lowest BCUT2D eigenvalue weighted by atomic mass is 10.2. The van der Waals surface area contributed by atoms with Crippen molar-refractivity contribution in [2.24, 2.45) is 0 Å². The van der Waals surface area contributed by atoms with Crippen LogP contribution in [0.4, 0.5) is 4.79 Å². The van der Waals surface area contributed by atoms with Crippen LogP contribution >= 0.6 is 24.4 Å². The number of nitrogens with one attached hydrogen (secondary N) is 1. The van der Waals surface area contributed by atoms with Crippen LogP contribution in [-0.2, 0) is 25.7 Å². The van der Waals surface area contributed by atoms with Gasteiger partial charge in [0.15, 0.2) is 18.1 Å². The maximum Gasteiger partial charge on any atom is 0.519 e. The van der Waals surface area contributed by atoms with Crippen LogP contribution in [0.15, 0.2) is 13.6 Å². The lowest BCUT2D eigenvalue weighted by Crippen LogP contribution is -2.49. The number of rotatable bonds is 8. The summed E-state index contributed by atoms with van der Waals surface area (Å²) in [5.41, 5.74) is 0. The summed E-state index contributed by atoms with van der Waals surface area (Å²) in [6, 6.07) is -1.04. The third-order valence-corrected chi connectivity index (χ3v) is 4.01. The Labute approximate surface area is 159 Å². The third-order valence-electron chi connectivity index (χ3n) is 2.96. The number of ether oxygens (including phenoxy) is 2. The predicted octanol–water partition coefficient (Wildman–Crippen LogP) is 1.67. The largest absolute Gasteiger partial charge is 0.519 e. The van der Waals surface area contributed by atoms with Gasteiger partial charge in [0.2, 0.25) is 5.91 Å². The van der Waals surface area contributed by atoms with Crippen molar-refractivity contribution in [2.45, 2.75) is 45.1 Å². The monoisotopic (exact) mass is 407 g/mol. The minimum atomic E-state index is -1.04. The molecule has 1 atom stereocenters. The van der Waals surface area contributed by atoms with Crippen molar-refractivity contribution in [3.8, 4) is 0 Å². The Bertz CT molecular complexity index is 703. The number of hydrogen-bond acceptors (Lipinski definition) is 10. The zero-order valence-corrected chi connectivity index (χ0v) is 16.5. The number of aryl methyl sites for hydroxylation is 1. The number of amides is 1. The van der Waals surface area contributed by atoms with Gasteiger partial charge in [0.25, 0.3) is 0 Å². The van der Waals surface area contributed by atoms with E-state index in [1.54, 1.807) is 20.8 Å². The normalized spacial score (nSPS) is 12.3. The van der Waals surface area contributed by atoms with Crippen LogP contribution in [0.2, 0.25) is 0 Å². The molecular formula is C15H21NO8S2. The highest BCUT2D eigenvalue weighted by Gasteiger charge is 2.30. The standard InChI is InChI=1S/C15H21NO8S2/c1-5-21-11(17)9(16-12(18)15(3,4)25)7-26-14(20)22-6-10-8(2)23-13(19)24-10/h9,25H,5-7H2,1-4H3,(H,16,18)/t9-/m0/s1. The van der Waals surface area contributed by atoms with Gasteiger partial charge in [-0.1, -0.05) is 0 Å². The first-order valence-corrected chi connectivity index (χ1v) is 9.06. The van der Waals surface area contributed by atoms with E-state index in [2.05, 4.69) is 22.4 Å². The van der Waals surface area contributed by atoms with Crippen LogP contribution in [0.25, 0.3) is 0 Å². The zero-order valence-electron chi connectivity index (χ0n) is 14.8. The molecule has 0 aromatic carbocycles. The molecule has 26 heavy (non-hydrogen) atoms. The highest BCUT2D eigenvalue weighted by atomic mass is 32.2. The van der Waals surface area contributed by atoms with Crippen molar-refractivity contribution in [3.63, 3.8) is 0 Å². The zero-order chi connectivity index (χ0) is 19.9. The molecule has 0 aliphatic heterocycles. The maximum atomic E-state index is 12.0. The molecule has 1 amide bonds. The molecule has 1 heterocycles.